The van der Waals surface area contributed by atoms with E-state index in [0.29, 0.717) is 31.9 Å². The van der Waals surface area contributed by atoms with Crippen molar-refractivity contribution in [3.8, 4) is 0 Å². The first-order valence-electron chi connectivity index (χ1n) is 5.94. The van der Waals surface area contributed by atoms with Gasteiger partial charge in [0.1, 0.15) is 0 Å². The third kappa shape index (κ3) is 3.21. The maximum atomic E-state index is 10.8. The molecule has 5 nitrogen and oxygen atoms in total. The molecule has 1 saturated heterocycles. The van der Waals surface area contributed by atoms with Crippen molar-refractivity contribution in [2.24, 2.45) is 0 Å². The maximum Gasteiger partial charge on any atom is 0.335 e. The standard InChI is InChI=1S/C13H17NO4/c1-9-6-10(13(15)16)2-3-12(9)14-7-11-8-17-4-5-18-11/h2-3,6,11,14H,4-5,7-8H2,1H3,(H,15,16). The molecule has 98 valence electrons. The zero-order valence-electron chi connectivity index (χ0n) is 10.3. The molecule has 1 heterocycles. The lowest BCUT2D eigenvalue weighted by molar-refractivity contribution is -0.0818. The largest absolute Gasteiger partial charge is 0.478 e. The van der Waals surface area contributed by atoms with Crippen LogP contribution in [0.4, 0.5) is 5.69 Å². The number of nitrogens with one attached hydrogen (secondary N) is 1. The predicted molar refractivity (Wildman–Crippen MR) is 67.2 cm³/mol. The van der Waals surface area contributed by atoms with Gasteiger partial charge in [0.05, 0.1) is 31.5 Å². The quantitative estimate of drug-likeness (QED) is 0.849. The van der Waals surface area contributed by atoms with Gasteiger partial charge >= 0.3 is 5.97 Å². The van der Waals surface area contributed by atoms with Gasteiger partial charge in [0.25, 0.3) is 0 Å². The average molecular weight is 251 g/mol. The minimum atomic E-state index is -0.909. The molecule has 0 aromatic heterocycles. The van der Waals surface area contributed by atoms with Gasteiger partial charge in [-0.1, -0.05) is 0 Å². The van der Waals surface area contributed by atoms with Crippen molar-refractivity contribution in [2.75, 3.05) is 31.7 Å². The van der Waals surface area contributed by atoms with Crippen LogP contribution in [0.25, 0.3) is 0 Å². The molecule has 5 heteroatoms. The van der Waals surface area contributed by atoms with E-state index >= 15 is 0 Å². The fourth-order valence-corrected chi connectivity index (χ4v) is 1.87. The van der Waals surface area contributed by atoms with E-state index < -0.39 is 5.97 Å². The number of carbonyl (C=O) groups is 1. The zero-order chi connectivity index (χ0) is 13.0. The highest BCUT2D eigenvalue weighted by Gasteiger charge is 2.14. The highest BCUT2D eigenvalue weighted by atomic mass is 16.6. The van der Waals surface area contributed by atoms with Gasteiger partial charge in [-0.3, -0.25) is 0 Å². The van der Waals surface area contributed by atoms with E-state index in [1.807, 2.05) is 6.92 Å². The Bertz CT molecular complexity index is 427. The van der Waals surface area contributed by atoms with Crippen LogP contribution in [0.15, 0.2) is 18.2 Å². The summed E-state index contributed by atoms with van der Waals surface area (Å²) in [6, 6.07) is 5.03. The molecule has 18 heavy (non-hydrogen) atoms. The summed E-state index contributed by atoms with van der Waals surface area (Å²) >= 11 is 0. The number of carboxylic acids is 1. The number of benzene rings is 1. The Hall–Kier alpha value is -1.59. The van der Waals surface area contributed by atoms with Gasteiger partial charge in [-0.2, -0.15) is 0 Å². The molecule has 0 bridgehead atoms. The molecule has 1 fully saturated rings. The average Bonchev–Trinajstić information content (AvgIpc) is 2.38. The van der Waals surface area contributed by atoms with Crippen molar-refractivity contribution in [3.63, 3.8) is 0 Å². The molecule has 0 saturated carbocycles. The van der Waals surface area contributed by atoms with E-state index in [0.717, 1.165) is 11.3 Å². The van der Waals surface area contributed by atoms with Gasteiger partial charge in [-0.25, -0.2) is 4.79 Å². The number of aryl methyl sites for hydroxylation is 1. The predicted octanol–water partition coefficient (Wildman–Crippen LogP) is 1.52. The molecule has 2 N–H and O–H groups in total. The lowest BCUT2D eigenvalue weighted by Crippen LogP contribution is -2.34. The summed E-state index contributed by atoms with van der Waals surface area (Å²) in [6.07, 6.45) is 0.0531. The smallest absolute Gasteiger partial charge is 0.335 e. The lowest BCUT2D eigenvalue weighted by Gasteiger charge is -2.24. The Kier molecular flexibility index (Phi) is 4.17. The molecule has 1 aliphatic heterocycles. The van der Waals surface area contributed by atoms with Gasteiger partial charge in [-0.05, 0) is 30.7 Å². The van der Waals surface area contributed by atoms with E-state index in [2.05, 4.69) is 5.32 Å². The molecule has 0 radical (unpaired) electrons. The summed E-state index contributed by atoms with van der Waals surface area (Å²) in [6.45, 7) is 4.42. The second kappa shape index (κ2) is 5.84. The Morgan fingerprint density at radius 3 is 2.94 bits per heavy atom. The molecule has 1 atom stereocenters. The van der Waals surface area contributed by atoms with E-state index in [1.54, 1.807) is 18.2 Å². The van der Waals surface area contributed by atoms with E-state index in [9.17, 15) is 4.79 Å². The fraction of sp³-hybridized carbons (Fsp3) is 0.462. The minimum absolute atomic E-state index is 0.0531. The van der Waals surface area contributed by atoms with Gasteiger partial charge < -0.3 is 19.9 Å². The van der Waals surface area contributed by atoms with E-state index in [1.165, 1.54) is 0 Å². The molecule has 1 aromatic rings. The van der Waals surface area contributed by atoms with Crippen LogP contribution in [0.2, 0.25) is 0 Å². The summed E-state index contributed by atoms with van der Waals surface area (Å²) in [7, 11) is 0. The number of aromatic carboxylic acids is 1. The molecule has 1 aromatic carbocycles. The van der Waals surface area contributed by atoms with Crippen LogP contribution in [0, 0.1) is 6.92 Å². The summed E-state index contributed by atoms with van der Waals surface area (Å²) < 4.78 is 10.8. The molecular formula is C13H17NO4. The topological polar surface area (TPSA) is 67.8 Å². The van der Waals surface area contributed by atoms with Crippen LogP contribution in [0.3, 0.4) is 0 Å². The van der Waals surface area contributed by atoms with Crippen molar-refractivity contribution < 1.29 is 19.4 Å². The van der Waals surface area contributed by atoms with Gasteiger partial charge in [-0.15, -0.1) is 0 Å². The van der Waals surface area contributed by atoms with Crippen molar-refractivity contribution >= 4 is 11.7 Å². The third-order valence-electron chi connectivity index (χ3n) is 2.88. The van der Waals surface area contributed by atoms with Crippen LogP contribution in [-0.2, 0) is 9.47 Å². The highest BCUT2D eigenvalue weighted by Crippen LogP contribution is 2.17. The monoisotopic (exact) mass is 251 g/mol. The van der Waals surface area contributed by atoms with Crippen LogP contribution in [-0.4, -0.2) is 43.5 Å². The van der Waals surface area contributed by atoms with E-state index in [4.69, 9.17) is 14.6 Å². The summed E-state index contributed by atoms with van der Waals surface area (Å²) in [5.74, 6) is -0.909. The Morgan fingerprint density at radius 2 is 2.33 bits per heavy atom. The Balaban J connectivity index is 1.94. The SMILES string of the molecule is Cc1cc(C(=O)O)ccc1NCC1COCCO1. The van der Waals surface area contributed by atoms with Crippen molar-refractivity contribution in [2.45, 2.75) is 13.0 Å². The fourth-order valence-electron chi connectivity index (χ4n) is 1.87. The van der Waals surface area contributed by atoms with Crippen LogP contribution in [0.5, 0.6) is 0 Å². The number of carboxylic acid groups (broad SMARTS) is 1. The molecule has 0 amide bonds. The second-order valence-corrected chi connectivity index (χ2v) is 4.28. The van der Waals surface area contributed by atoms with Crippen molar-refractivity contribution in [1.29, 1.82) is 0 Å². The summed E-state index contributed by atoms with van der Waals surface area (Å²) in [5, 5.41) is 12.1. The highest BCUT2D eigenvalue weighted by molar-refractivity contribution is 5.88. The number of hydrogen-bond donors (Lipinski definition) is 2. The number of hydrogen-bond acceptors (Lipinski definition) is 4. The zero-order valence-corrected chi connectivity index (χ0v) is 10.3. The first-order chi connectivity index (χ1) is 8.66. The van der Waals surface area contributed by atoms with Crippen LogP contribution < -0.4 is 5.32 Å². The first kappa shape index (κ1) is 12.9. The second-order valence-electron chi connectivity index (χ2n) is 4.28. The number of ether oxygens (including phenoxy) is 2. The number of anilines is 1. The van der Waals surface area contributed by atoms with Gasteiger partial charge in [0.2, 0.25) is 0 Å². The van der Waals surface area contributed by atoms with Crippen molar-refractivity contribution in [1.82, 2.24) is 0 Å². The van der Waals surface area contributed by atoms with Gasteiger partial charge in [0.15, 0.2) is 0 Å². The number of rotatable bonds is 4. The molecule has 0 aliphatic carbocycles. The first-order valence-corrected chi connectivity index (χ1v) is 5.94. The van der Waals surface area contributed by atoms with Gasteiger partial charge in [0, 0.05) is 12.2 Å². The third-order valence-corrected chi connectivity index (χ3v) is 2.88. The van der Waals surface area contributed by atoms with E-state index in [-0.39, 0.29) is 6.10 Å². The molecule has 1 aliphatic rings. The van der Waals surface area contributed by atoms with Crippen molar-refractivity contribution in [3.05, 3.63) is 29.3 Å². The normalized spacial score (nSPS) is 19.5. The maximum absolute atomic E-state index is 10.8. The molecular weight excluding hydrogens is 234 g/mol. The molecule has 2 rings (SSSR count). The summed E-state index contributed by atoms with van der Waals surface area (Å²) in [4.78, 5) is 10.8. The van der Waals surface area contributed by atoms with Crippen LogP contribution in [0.1, 0.15) is 15.9 Å². The minimum Gasteiger partial charge on any atom is -0.478 e. The summed E-state index contributed by atoms with van der Waals surface area (Å²) in [5.41, 5.74) is 2.14. The Labute approximate surface area is 106 Å². The lowest BCUT2D eigenvalue weighted by atomic mass is 10.1. The molecule has 1 unspecified atom stereocenters. The van der Waals surface area contributed by atoms with Crippen LogP contribution >= 0.6 is 0 Å². The molecule has 0 spiro atoms. The Morgan fingerprint density at radius 1 is 1.50 bits per heavy atom.